The first-order chi connectivity index (χ1) is 5.65. The fourth-order valence-electron chi connectivity index (χ4n) is 1.67. The molecule has 1 N–H and O–H groups in total. The van der Waals surface area contributed by atoms with Crippen LogP contribution in [-0.2, 0) is 4.74 Å². The van der Waals surface area contributed by atoms with Gasteiger partial charge in [0.2, 0.25) is 0 Å². The maximum Gasteiger partial charge on any atom is 0.0933 e. The summed E-state index contributed by atoms with van der Waals surface area (Å²) in [7, 11) is 0. The average molecular weight is 173 g/mol. The van der Waals surface area contributed by atoms with E-state index in [2.05, 4.69) is 25.7 Å². The van der Waals surface area contributed by atoms with Crippen molar-refractivity contribution >= 4 is 0 Å². The third-order valence-corrected chi connectivity index (χ3v) is 2.42. The average Bonchev–Trinajstić information content (AvgIpc) is 2.05. The molecule has 12 heavy (non-hydrogen) atoms. The topological polar surface area (TPSA) is 32.7 Å². The fraction of sp³-hybridized carbons (Fsp3) is 1.00. The molecule has 1 aliphatic rings. The molecule has 1 rings (SSSR count). The van der Waals surface area contributed by atoms with Crippen LogP contribution in [0, 0.1) is 0 Å². The van der Waals surface area contributed by atoms with Crippen molar-refractivity contribution in [1.29, 1.82) is 0 Å². The molecule has 0 aromatic rings. The minimum Gasteiger partial charge on any atom is -0.394 e. The molecule has 1 heterocycles. The van der Waals surface area contributed by atoms with Gasteiger partial charge in [0.05, 0.1) is 19.3 Å². The summed E-state index contributed by atoms with van der Waals surface area (Å²) < 4.78 is 5.43. The van der Waals surface area contributed by atoms with Crippen LogP contribution in [0.25, 0.3) is 0 Å². The summed E-state index contributed by atoms with van der Waals surface area (Å²) >= 11 is 0. The molecule has 1 aliphatic heterocycles. The highest BCUT2D eigenvalue weighted by atomic mass is 16.5. The molecule has 72 valence electrons. The smallest absolute Gasteiger partial charge is 0.0933 e. The Bertz CT molecular complexity index is 138. The van der Waals surface area contributed by atoms with Crippen molar-refractivity contribution in [2.24, 2.45) is 0 Å². The number of aliphatic hydroxyl groups excluding tert-OH is 1. The molecule has 0 aromatic carbocycles. The molecular formula is C9H19NO2. The number of nitrogens with zero attached hydrogens (tertiary/aromatic N) is 1. The maximum atomic E-state index is 8.93. The fourth-order valence-corrected chi connectivity index (χ4v) is 1.67. The van der Waals surface area contributed by atoms with Crippen LogP contribution < -0.4 is 0 Å². The first kappa shape index (κ1) is 9.96. The second kappa shape index (κ2) is 4.21. The summed E-state index contributed by atoms with van der Waals surface area (Å²) in [6, 6.07) is 1.02. The molecule has 0 radical (unpaired) electrons. The highest BCUT2D eigenvalue weighted by Gasteiger charge is 2.26. The molecule has 3 heteroatoms. The summed E-state index contributed by atoms with van der Waals surface area (Å²) in [6.45, 7) is 8.24. The van der Waals surface area contributed by atoms with Gasteiger partial charge in [0.25, 0.3) is 0 Å². The van der Waals surface area contributed by atoms with Crippen molar-refractivity contribution in [3.8, 4) is 0 Å². The van der Waals surface area contributed by atoms with E-state index < -0.39 is 0 Å². The van der Waals surface area contributed by atoms with Crippen LogP contribution in [0.15, 0.2) is 0 Å². The number of ether oxygens (including phenoxy) is 1. The standard InChI is InChI=1S/C9H19NO2/c1-7(2)10-4-9(5-11)12-6-8(10)3/h7-9,11H,4-6H2,1-3H3. The summed E-state index contributed by atoms with van der Waals surface area (Å²) in [5, 5.41) is 8.93. The van der Waals surface area contributed by atoms with Crippen molar-refractivity contribution in [3.05, 3.63) is 0 Å². The van der Waals surface area contributed by atoms with E-state index in [4.69, 9.17) is 9.84 Å². The Hall–Kier alpha value is -0.120. The quantitative estimate of drug-likeness (QED) is 0.659. The maximum absolute atomic E-state index is 8.93. The summed E-state index contributed by atoms with van der Waals surface area (Å²) in [5.41, 5.74) is 0. The zero-order valence-electron chi connectivity index (χ0n) is 8.16. The zero-order chi connectivity index (χ0) is 9.14. The molecular weight excluding hydrogens is 154 g/mol. The van der Waals surface area contributed by atoms with Crippen LogP contribution in [0.2, 0.25) is 0 Å². The first-order valence-electron chi connectivity index (χ1n) is 4.63. The van der Waals surface area contributed by atoms with E-state index in [0.29, 0.717) is 12.1 Å². The lowest BCUT2D eigenvalue weighted by molar-refractivity contribution is -0.0869. The number of morpholine rings is 1. The predicted octanol–water partition coefficient (Wildman–Crippen LogP) is 0.476. The first-order valence-corrected chi connectivity index (χ1v) is 4.63. The summed E-state index contributed by atoms with van der Waals surface area (Å²) in [5.74, 6) is 0. The van der Waals surface area contributed by atoms with Crippen LogP contribution in [0.1, 0.15) is 20.8 Å². The molecule has 0 bridgehead atoms. The second-order valence-corrected chi connectivity index (χ2v) is 3.78. The normalized spacial score (nSPS) is 32.8. The minimum atomic E-state index is 0.0172. The van der Waals surface area contributed by atoms with E-state index in [0.717, 1.165) is 13.2 Å². The lowest BCUT2D eigenvalue weighted by Gasteiger charge is -2.39. The van der Waals surface area contributed by atoms with E-state index in [1.807, 2.05) is 0 Å². The number of hydrogen-bond acceptors (Lipinski definition) is 3. The molecule has 1 fully saturated rings. The Morgan fingerprint density at radius 2 is 2.25 bits per heavy atom. The van der Waals surface area contributed by atoms with Crippen molar-refractivity contribution in [1.82, 2.24) is 4.90 Å². The van der Waals surface area contributed by atoms with Gasteiger partial charge < -0.3 is 9.84 Å². The Morgan fingerprint density at radius 3 is 2.75 bits per heavy atom. The van der Waals surface area contributed by atoms with Gasteiger partial charge in [-0.25, -0.2) is 0 Å². The molecule has 2 atom stereocenters. The lowest BCUT2D eigenvalue weighted by atomic mass is 10.1. The van der Waals surface area contributed by atoms with Gasteiger partial charge in [-0.15, -0.1) is 0 Å². The predicted molar refractivity (Wildman–Crippen MR) is 48.1 cm³/mol. The highest BCUT2D eigenvalue weighted by Crippen LogP contribution is 2.14. The molecule has 0 aromatic heterocycles. The zero-order valence-corrected chi connectivity index (χ0v) is 8.16. The Balaban J connectivity index is 2.47. The van der Waals surface area contributed by atoms with E-state index in [-0.39, 0.29) is 12.7 Å². The highest BCUT2D eigenvalue weighted by molar-refractivity contribution is 4.79. The largest absolute Gasteiger partial charge is 0.394 e. The van der Waals surface area contributed by atoms with Gasteiger partial charge in [0.15, 0.2) is 0 Å². The third kappa shape index (κ3) is 2.19. The summed E-state index contributed by atoms with van der Waals surface area (Å²) in [4.78, 5) is 2.37. The SMILES string of the molecule is CC(C)N1CC(CO)OCC1C. The van der Waals surface area contributed by atoms with E-state index in [9.17, 15) is 0 Å². The number of hydrogen-bond donors (Lipinski definition) is 1. The Labute approximate surface area is 74.3 Å². The molecule has 2 unspecified atom stereocenters. The van der Waals surface area contributed by atoms with Gasteiger partial charge in [-0.3, -0.25) is 4.90 Å². The Morgan fingerprint density at radius 1 is 1.58 bits per heavy atom. The van der Waals surface area contributed by atoms with Crippen molar-refractivity contribution in [3.63, 3.8) is 0 Å². The summed E-state index contributed by atoms with van der Waals surface area (Å²) in [6.07, 6.45) is 0.0172. The van der Waals surface area contributed by atoms with Gasteiger partial charge >= 0.3 is 0 Å². The molecule has 0 amide bonds. The Kier molecular flexibility index (Phi) is 3.50. The molecule has 3 nitrogen and oxygen atoms in total. The second-order valence-electron chi connectivity index (χ2n) is 3.78. The number of rotatable bonds is 2. The van der Waals surface area contributed by atoms with Crippen molar-refractivity contribution in [2.45, 2.75) is 39.0 Å². The van der Waals surface area contributed by atoms with Crippen LogP contribution in [0.4, 0.5) is 0 Å². The molecule has 0 spiro atoms. The van der Waals surface area contributed by atoms with Crippen LogP contribution in [0.3, 0.4) is 0 Å². The van der Waals surface area contributed by atoms with Gasteiger partial charge in [-0.1, -0.05) is 0 Å². The molecule has 1 saturated heterocycles. The monoisotopic (exact) mass is 173 g/mol. The minimum absolute atomic E-state index is 0.0172. The van der Waals surface area contributed by atoms with Gasteiger partial charge in [0.1, 0.15) is 0 Å². The lowest BCUT2D eigenvalue weighted by Crippen LogP contribution is -2.52. The van der Waals surface area contributed by atoms with Crippen LogP contribution in [0.5, 0.6) is 0 Å². The van der Waals surface area contributed by atoms with Crippen molar-refractivity contribution in [2.75, 3.05) is 19.8 Å². The van der Waals surface area contributed by atoms with Crippen LogP contribution >= 0.6 is 0 Å². The van der Waals surface area contributed by atoms with Gasteiger partial charge in [-0.05, 0) is 20.8 Å². The van der Waals surface area contributed by atoms with Gasteiger partial charge in [0, 0.05) is 18.6 Å². The molecule has 0 aliphatic carbocycles. The van der Waals surface area contributed by atoms with E-state index in [1.165, 1.54) is 0 Å². The number of aliphatic hydroxyl groups is 1. The van der Waals surface area contributed by atoms with Crippen LogP contribution in [-0.4, -0.2) is 48.0 Å². The van der Waals surface area contributed by atoms with Crippen molar-refractivity contribution < 1.29 is 9.84 Å². The third-order valence-electron chi connectivity index (χ3n) is 2.42. The van der Waals surface area contributed by atoms with E-state index in [1.54, 1.807) is 0 Å². The van der Waals surface area contributed by atoms with Gasteiger partial charge in [-0.2, -0.15) is 0 Å². The van der Waals surface area contributed by atoms with E-state index >= 15 is 0 Å². The molecule has 0 saturated carbocycles.